The van der Waals surface area contributed by atoms with E-state index in [0.29, 0.717) is 26.3 Å². The van der Waals surface area contributed by atoms with Crippen LogP contribution in [0.3, 0.4) is 0 Å². The molecular weight excluding hydrogens is 230 g/mol. The van der Waals surface area contributed by atoms with Gasteiger partial charge in [0.05, 0.1) is 13.2 Å². The number of morpholine rings is 1. The Morgan fingerprint density at radius 1 is 1.44 bits per heavy atom. The number of hydrogen-bond donors (Lipinski definition) is 1. The molecule has 18 heavy (non-hydrogen) atoms. The maximum absolute atomic E-state index is 12.0. The van der Waals surface area contributed by atoms with Crippen molar-refractivity contribution in [2.45, 2.75) is 26.2 Å². The first-order chi connectivity index (χ1) is 8.79. The number of unbranched alkanes of at least 4 members (excludes halogenated alkanes) is 2. The molecule has 100 valence electrons. The number of carbonyl (C=O) groups excluding carboxylic acids is 1. The summed E-state index contributed by atoms with van der Waals surface area (Å²) in [6.07, 6.45) is 4.90. The van der Waals surface area contributed by atoms with Crippen LogP contribution in [0, 0.1) is 11.3 Å². The van der Waals surface area contributed by atoms with E-state index in [-0.39, 0.29) is 11.5 Å². The Balaban J connectivity index is 2.41. The molecule has 1 fully saturated rings. The van der Waals surface area contributed by atoms with Gasteiger partial charge in [-0.2, -0.15) is 5.26 Å². The van der Waals surface area contributed by atoms with Gasteiger partial charge in [-0.15, -0.1) is 0 Å². The van der Waals surface area contributed by atoms with Gasteiger partial charge in [-0.3, -0.25) is 4.79 Å². The highest BCUT2D eigenvalue weighted by Crippen LogP contribution is 2.04. The molecule has 1 aliphatic rings. The second kappa shape index (κ2) is 8.54. The molecule has 0 radical (unpaired) electrons. The van der Waals surface area contributed by atoms with E-state index in [0.717, 1.165) is 25.8 Å². The van der Waals surface area contributed by atoms with Crippen LogP contribution in [0.5, 0.6) is 0 Å². The maximum atomic E-state index is 12.0. The molecule has 0 aliphatic carbocycles. The van der Waals surface area contributed by atoms with E-state index in [9.17, 15) is 4.79 Å². The zero-order valence-corrected chi connectivity index (χ0v) is 10.9. The van der Waals surface area contributed by atoms with Crippen LogP contribution in [0.2, 0.25) is 0 Å². The molecule has 0 atom stereocenters. The Morgan fingerprint density at radius 3 is 2.78 bits per heavy atom. The second-order valence-electron chi connectivity index (χ2n) is 4.24. The molecule has 1 rings (SSSR count). The Morgan fingerprint density at radius 2 is 2.17 bits per heavy atom. The average molecular weight is 251 g/mol. The van der Waals surface area contributed by atoms with E-state index in [4.69, 9.17) is 10.00 Å². The lowest BCUT2D eigenvalue weighted by Crippen LogP contribution is -2.41. The molecule has 1 heterocycles. The second-order valence-corrected chi connectivity index (χ2v) is 4.24. The number of hydrogen-bond acceptors (Lipinski definition) is 4. The van der Waals surface area contributed by atoms with Gasteiger partial charge >= 0.3 is 0 Å². The van der Waals surface area contributed by atoms with Gasteiger partial charge in [0.1, 0.15) is 11.6 Å². The van der Waals surface area contributed by atoms with Crippen LogP contribution in [0.25, 0.3) is 0 Å². The summed E-state index contributed by atoms with van der Waals surface area (Å²) in [5.41, 5.74) is 0.174. The average Bonchev–Trinajstić information content (AvgIpc) is 2.43. The minimum atomic E-state index is -0.205. The maximum Gasteiger partial charge on any atom is 0.266 e. The van der Waals surface area contributed by atoms with E-state index in [1.807, 2.05) is 6.07 Å². The number of nitriles is 1. The van der Waals surface area contributed by atoms with Gasteiger partial charge in [0, 0.05) is 25.8 Å². The number of rotatable bonds is 6. The summed E-state index contributed by atoms with van der Waals surface area (Å²) in [5, 5.41) is 12.0. The molecule has 5 heteroatoms. The Bertz CT molecular complexity index is 328. The highest BCUT2D eigenvalue weighted by Gasteiger charge is 2.20. The first-order valence-corrected chi connectivity index (χ1v) is 6.50. The largest absolute Gasteiger partial charge is 0.390 e. The third-order valence-corrected chi connectivity index (χ3v) is 2.82. The number of nitrogens with zero attached hydrogens (tertiary/aromatic N) is 2. The monoisotopic (exact) mass is 251 g/mol. The molecular formula is C13H21N3O2. The van der Waals surface area contributed by atoms with Gasteiger partial charge in [-0.25, -0.2) is 0 Å². The van der Waals surface area contributed by atoms with Crippen molar-refractivity contribution in [3.05, 3.63) is 11.8 Å². The van der Waals surface area contributed by atoms with E-state index >= 15 is 0 Å². The van der Waals surface area contributed by atoms with Crippen molar-refractivity contribution in [3.8, 4) is 6.07 Å². The summed E-state index contributed by atoms with van der Waals surface area (Å²) < 4.78 is 5.18. The quantitative estimate of drug-likeness (QED) is 0.435. The summed E-state index contributed by atoms with van der Waals surface area (Å²) in [7, 11) is 0. The molecule has 0 saturated carbocycles. The van der Waals surface area contributed by atoms with Crippen LogP contribution in [0.15, 0.2) is 11.8 Å². The van der Waals surface area contributed by atoms with Gasteiger partial charge in [-0.1, -0.05) is 19.8 Å². The van der Waals surface area contributed by atoms with Gasteiger partial charge in [0.15, 0.2) is 0 Å². The predicted octanol–water partition coefficient (Wildman–Crippen LogP) is 1.03. The minimum absolute atomic E-state index is 0.174. The zero-order valence-electron chi connectivity index (χ0n) is 10.9. The smallest absolute Gasteiger partial charge is 0.266 e. The van der Waals surface area contributed by atoms with E-state index in [1.54, 1.807) is 4.90 Å². The topological polar surface area (TPSA) is 65.4 Å². The fourth-order valence-corrected chi connectivity index (χ4v) is 1.73. The SMILES string of the molecule is CCCCCN/C=C(/C#N)C(=O)N1CCOCC1. The van der Waals surface area contributed by atoms with Gasteiger partial charge in [0.2, 0.25) is 0 Å². The van der Waals surface area contributed by atoms with E-state index in [1.165, 1.54) is 6.20 Å². The van der Waals surface area contributed by atoms with Crippen molar-refractivity contribution >= 4 is 5.91 Å². The molecule has 0 aromatic carbocycles. The highest BCUT2D eigenvalue weighted by molar-refractivity contribution is 5.97. The van der Waals surface area contributed by atoms with Gasteiger partial charge in [0.25, 0.3) is 5.91 Å². The third-order valence-electron chi connectivity index (χ3n) is 2.82. The van der Waals surface area contributed by atoms with Crippen molar-refractivity contribution < 1.29 is 9.53 Å². The van der Waals surface area contributed by atoms with Crippen LogP contribution in [0.1, 0.15) is 26.2 Å². The first-order valence-electron chi connectivity index (χ1n) is 6.50. The minimum Gasteiger partial charge on any atom is -0.390 e. The van der Waals surface area contributed by atoms with Gasteiger partial charge < -0.3 is 15.0 Å². The van der Waals surface area contributed by atoms with Crippen LogP contribution >= 0.6 is 0 Å². The lowest BCUT2D eigenvalue weighted by atomic mass is 10.2. The molecule has 0 aromatic heterocycles. The fraction of sp³-hybridized carbons (Fsp3) is 0.692. The highest BCUT2D eigenvalue weighted by atomic mass is 16.5. The van der Waals surface area contributed by atoms with Crippen LogP contribution in [-0.2, 0) is 9.53 Å². The van der Waals surface area contributed by atoms with Gasteiger partial charge in [-0.05, 0) is 6.42 Å². The van der Waals surface area contributed by atoms with Crippen LogP contribution in [0.4, 0.5) is 0 Å². The molecule has 1 saturated heterocycles. The standard InChI is InChI=1S/C13H21N3O2/c1-2-3-4-5-15-11-12(10-14)13(17)16-6-8-18-9-7-16/h11,15H,2-9H2,1H3/b12-11-. The Hall–Kier alpha value is -1.54. The van der Waals surface area contributed by atoms with Crippen LogP contribution in [-0.4, -0.2) is 43.7 Å². The number of ether oxygens (including phenoxy) is 1. The molecule has 1 N–H and O–H groups in total. The number of amides is 1. The molecule has 1 amide bonds. The fourth-order valence-electron chi connectivity index (χ4n) is 1.73. The Labute approximate surface area is 108 Å². The summed E-state index contributed by atoms with van der Waals surface area (Å²) in [6, 6.07) is 1.96. The van der Waals surface area contributed by atoms with Crippen molar-refractivity contribution in [2.75, 3.05) is 32.8 Å². The number of carbonyl (C=O) groups is 1. The molecule has 0 aromatic rings. The van der Waals surface area contributed by atoms with Crippen molar-refractivity contribution in [2.24, 2.45) is 0 Å². The van der Waals surface area contributed by atoms with Crippen molar-refractivity contribution in [1.29, 1.82) is 5.26 Å². The van der Waals surface area contributed by atoms with E-state index < -0.39 is 0 Å². The van der Waals surface area contributed by atoms with Crippen molar-refractivity contribution in [1.82, 2.24) is 10.2 Å². The third kappa shape index (κ3) is 4.76. The molecule has 5 nitrogen and oxygen atoms in total. The van der Waals surface area contributed by atoms with Crippen molar-refractivity contribution in [3.63, 3.8) is 0 Å². The Kier molecular flexibility index (Phi) is 6.89. The molecule has 0 unspecified atom stereocenters. The summed E-state index contributed by atoms with van der Waals surface area (Å²) in [4.78, 5) is 13.6. The lowest BCUT2D eigenvalue weighted by molar-refractivity contribution is -0.130. The summed E-state index contributed by atoms with van der Waals surface area (Å²) >= 11 is 0. The molecule has 1 aliphatic heterocycles. The molecule has 0 spiro atoms. The summed E-state index contributed by atoms with van der Waals surface area (Å²) in [6.45, 7) is 5.16. The number of nitrogens with one attached hydrogen (secondary N) is 1. The first kappa shape index (κ1) is 14.5. The predicted molar refractivity (Wildman–Crippen MR) is 68.6 cm³/mol. The summed E-state index contributed by atoms with van der Waals surface area (Å²) in [5.74, 6) is -0.205. The lowest BCUT2D eigenvalue weighted by Gasteiger charge is -2.26. The molecule has 0 bridgehead atoms. The van der Waals surface area contributed by atoms with Crippen LogP contribution < -0.4 is 5.32 Å². The van der Waals surface area contributed by atoms with E-state index in [2.05, 4.69) is 12.2 Å². The normalized spacial score (nSPS) is 16.2. The zero-order chi connectivity index (χ0) is 13.2.